The maximum atomic E-state index is 12.1. The summed E-state index contributed by atoms with van der Waals surface area (Å²) in [6.45, 7) is 0.489. The summed E-state index contributed by atoms with van der Waals surface area (Å²) < 4.78 is 7.19. The van der Waals surface area contributed by atoms with Crippen LogP contribution >= 0.6 is 0 Å². The zero-order valence-corrected chi connectivity index (χ0v) is 14.8. The van der Waals surface area contributed by atoms with Crippen molar-refractivity contribution in [3.63, 3.8) is 0 Å². The van der Waals surface area contributed by atoms with Gasteiger partial charge in [0.2, 0.25) is 0 Å². The molecule has 3 rings (SSSR count). The van der Waals surface area contributed by atoms with Gasteiger partial charge in [-0.25, -0.2) is 4.98 Å². The third-order valence-electron chi connectivity index (χ3n) is 3.96. The molecule has 7 heteroatoms. The highest BCUT2D eigenvalue weighted by Crippen LogP contribution is 2.29. The van der Waals surface area contributed by atoms with Gasteiger partial charge < -0.3 is 15.8 Å². The lowest BCUT2D eigenvalue weighted by atomic mass is 10.0. The van der Waals surface area contributed by atoms with E-state index in [9.17, 15) is 4.79 Å². The van der Waals surface area contributed by atoms with Crippen LogP contribution in [0.1, 0.15) is 16.1 Å². The highest BCUT2D eigenvalue weighted by Gasteiger charge is 2.11. The Bertz CT molecular complexity index is 920. The Hall–Kier alpha value is -3.35. The van der Waals surface area contributed by atoms with Crippen LogP contribution in [0.4, 0.5) is 5.82 Å². The number of amides is 1. The molecule has 0 spiro atoms. The number of nitrogens with one attached hydrogen (secondary N) is 1. The summed E-state index contributed by atoms with van der Waals surface area (Å²) in [7, 11) is 3.51. The number of nitrogens with zero attached hydrogens (tertiary/aromatic N) is 3. The van der Waals surface area contributed by atoms with Crippen LogP contribution in [0.25, 0.3) is 11.3 Å². The zero-order valence-electron chi connectivity index (χ0n) is 14.8. The molecule has 0 aliphatic heterocycles. The molecular weight excluding hydrogens is 330 g/mol. The van der Waals surface area contributed by atoms with E-state index < -0.39 is 0 Å². The molecule has 0 aliphatic carbocycles. The molecule has 2 heterocycles. The van der Waals surface area contributed by atoms with Crippen LogP contribution in [0.15, 0.2) is 48.7 Å². The number of ether oxygens (including phenoxy) is 1. The van der Waals surface area contributed by atoms with Crippen molar-refractivity contribution in [2.24, 2.45) is 7.05 Å². The van der Waals surface area contributed by atoms with Crippen LogP contribution in [0.3, 0.4) is 0 Å². The molecule has 1 amide bonds. The fourth-order valence-corrected chi connectivity index (χ4v) is 2.66. The molecule has 0 unspecified atom stereocenters. The first kappa shape index (κ1) is 17.5. The van der Waals surface area contributed by atoms with Crippen LogP contribution < -0.4 is 15.8 Å². The second-order valence-corrected chi connectivity index (χ2v) is 5.86. The molecule has 3 aromatic rings. The summed E-state index contributed by atoms with van der Waals surface area (Å²) in [5.74, 6) is 0.851. The number of aromatic nitrogens is 3. The molecule has 26 heavy (non-hydrogen) atoms. The maximum absolute atomic E-state index is 12.1. The molecule has 2 aromatic heterocycles. The summed E-state index contributed by atoms with van der Waals surface area (Å²) in [4.78, 5) is 16.1. The van der Waals surface area contributed by atoms with Gasteiger partial charge in [-0.05, 0) is 42.3 Å². The third kappa shape index (κ3) is 4.00. The van der Waals surface area contributed by atoms with Gasteiger partial charge in [0.05, 0.1) is 12.8 Å². The van der Waals surface area contributed by atoms with Crippen molar-refractivity contribution in [3.8, 4) is 17.0 Å². The summed E-state index contributed by atoms with van der Waals surface area (Å²) in [6, 6.07) is 12.9. The average Bonchev–Trinajstić information content (AvgIpc) is 3.08. The van der Waals surface area contributed by atoms with Gasteiger partial charge in [-0.15, -0.1) is 0 Å². The van der Waals surface area contributed by atoms with E-state index in [0.717, 1.165) is 22.6 Å². The number of nitrogen functional groups attached to an aromatic ring is 1. The van der Waals surface area contributed by atoms with Crippen molar-refractivity contribution in [2.45, 2.75) is 6.42 Å². The predicted molar refractivity (Wildman–Crippen MR) is 99.9 cm³/mol. The second kappa shape index (κ2) is 7.69. The minimum atomic E-state index is -0.240. The minimum Gasteiger partial charge on any atom is -0.496 e. The van der Waals surface area contributed by atoms with Crippen molar-refractivity contribution < 1.29 is 9.53 Å². The number of carbonyl (C=O) groups excluding carboxylic acids is 1. The molecule has 0 aliphatic rings. The van der Waals surface area contributed by atoms with E-state index in [1.54, 1.807) is 30.0 Å². The number of rotatable bonds is 6. The van der Waals surface area contributed by atoms with Crippen LogP contribution in [-0.4, -0.2) is 34.3 Å². The summed E-state index contributed by atoms with van der Waals surface area (Å²) in [5.41, 5.74) is 8.77. The summed E-state index contributed by atoms with van der Waals surface area (Å²) in [6.07, 6.45) is 2.57. The van der Waals surface area contributed by atoms with Crippen LogP contribution in [-0.2, 0) is 13.5 Å². The zero-order chi connectivity index (χ0) is 18.5. The number of nitrogens with two attached hydrogens (primary N) is 1. The number of pyridine rings is 1. The van der Waals surface area contributed by atoms with Crippen molar-refractivity contribution in [1.29, 1.82) is 0 Å². The summed E-state index contributed by atoms with van der Waals surface area (Å²) >= 11 is 0. The van der Waals surface area contributed by atoms with Crippen LogP contribution in [0.5, 0.6) is 5.75 Å². The molecule has 0 atom stereocenters. The van der Waals surface area contributed by atoms with Gasteiger partial charge in [-0.2, -0.15) is 5.10 Å². The smallest absolute Gasteiger partial charge is 0.269 e. The lowest BCUT2D eigenvalue weighted by Gasteiger charge is -2.10. The first-order valence-corrected chi connectivity index (χ1v) is 8.24. The van der Waals surface area contributed by atoms with Crippen LogP contribution in [0.2, 0.25) is 0 Å². The Balaban J connectivity index is 1.67. The van der Waals surface area contributed by atoms with E-state index in [4.69, 9.17) is 10.5 Å². The first-order chi connectivity index (χ1) is 12.6. The van der Waals surface area contributed by atoms with Crippen molar-refractivity contribution in [1.82, 2.24) is 20.1 Å². The quantitative estimate of drug-likeness (QED) is 0.709. The van der Waals surface area contributed by atoms with Gasteiger partial charge in [-0.3, -0.25) is 9.48 Å². The van der Waals surface area contributed by atoms with Crippen LogP contribution in [0, 0.1) is 0 Å². The number of aryl methyl sites for hydroxylation is 1. The highest BCUT2D eigenvalue weighted by atomic mass is 16.5. The largest absolute Gasteiger partial charge is 0.496 e. The topological polar surface area (TPSA) is 95.1 Å². The van der Waals surface area contributed by atoms with Crippen molar-refractivity contribution >= 4 is 11.7 Å². The number of hydrogen-bond acceptors (Lipinski definition) is 5. The van der Waals surface area contributed by atoms with Gasteiger partial charge in [0.1, 0.15) is 17.3 Å². The molecule has 3 N–H and O–H groups in total. The summed E-state index contributed by atoms with van der Waals surface area (Å²) in [5, 5.41) is 7.29. The van der Waals surface area contributed by atoms with E-state index in [0.29, 0.717) is 24.5 Å². The maximum Gasteiger partial charge on any atom is 0.269 e. The lowest BCUT2D eigenvalue weighted by Crippen LogP contribution is -2.26. The van der Waals surface area contributed by atoms with Gasteiger partial charge in [0.25, 0.3) is 5.91 Å². The van der Waals surface area contributed by atoms with Crippen molar-refractivity contribution in [3.05, 3.63) is 59.9 Å². The van der Waals surface area contributed by atoms with Gasteiger partial charge in [0, 0.05) is 25.4 Å². The molecule has 134 valence electrons. The molecule has 0 radical (unpaired) electrons. The Morgan fingerprint density at radius 1 is 1.27 bits per heavy atom. The SMILES string of the molecule is COc1ccc(CCNC(=O)c2cccc(N)n2)cc1-c1ccn(C)n1. The molecule has 0 saturated heterocycles. The van der Waals surface area contributed by atoms with E-state index in [-0.39, 0.29) is 5.91 Å². The Morgan fingerprint density at radius 2 is 2.12 bits per heavy atom. The lowest BCUT2D eigenvalue weighted by molar-refractivity contribution is 0.0949. The third-order valence-corrected chi connectivity index (χ3v) is 3.96. The second-order valence-electron chi connectivity index (χ2n) is 5.86. The minimum absolute atomic E-state index is 0.240. The molecule has 0 saturated carbocycles. The number of benzene rings is 1. The average molecular weight is 351 g/mol. The molecular formula is C19H21N5O2. The molecule has 0 bridgehead atoms. The number of methoxy groups -OCH3 is 1. The predicted octanol–water partition coefficient (Wildman–Crippen LogP) is 2.05. The molecule has 1 aromatic carbocycles. The molecule has 7 nitrogen and oxygen atoms in total. The van der Waals surface area contributed by atoms with Gasteiger partial charge >= 0.3 is 0 Å². The number of carbonyl (C=O) groups is 1. The fraction of sp³-hybridized carbons (Fsp3) is 0.211. The number of anilines is 1. The number of hydrogen-bond donors (Lipinski definition) is 2. The monoisotopic (exact) mass is 351 g/mol. The van der Waals surface area contributed by atoms with E-state index >= 15 is 0 Å². The Kier molecular flexibility index (Phi) is 5.17. The highest BCUT2D eigenvalue weighted by molar-refractivity contribution is 5.92. The van der Waals surface area contributed by atoms with Gasteiger partial charge in [0.15, 0.2) is 0 Å². The van der Waals surface area contributed by atoms with E-state index in [1.807, 2.05) is 37.5 Å². The normalized spacial score (nSPS) is 10.5. The van der Waals surface area contributed by atoms with Gasteiger partial charge in [-0.1, -0.05) is 12.1 Å². The Morgan fingerprint density at radius 3 is 2.81 bits per heavy atom. The van der Waals surface area contributed by atoms with E-state index in [1.165, 1.54) is 0 Å². The first-order valence-electron chi connectivity index (χ1n) is 8.24. The molecule has 0 fully saturated rings. The Labute approximate surface area is 151 Å². The fourth-order valence-electron chi connectivity index (χ4n) is 2.66. The standard InChI is InChI=1S/C19H21N5O2/c1-24-11-9-15(23-24)14-12-13(6-7-17(14)26-2)8-10-21-19(25)16-4-3-5-18(20)22-16/h3-7,9,11-12H,8,10H2,1-2H3,(H2,20,22)(H,21,25). The van der Waals surface area contributed by atoms with Crippen molar-refractivity contribution in [2.75, 3.05) is 19.4 Å². The van der Waals surface area contributed by atoms with E-state index in [2.05, 4.69) is 15.4 Å².